The molecule has 0 saturated carbocycles. The molecule has 0 bridgehead atoms. The molecule has 0 radical (unpaired) electrons. The molecule has 8 heteroatoms. The van der Waals surface area contributed by atoms with Gasteiger partial charge in [0.15, 0.2) is 0 Å². The van der Waals surface area contributed by atoms with E-state index < -0.39 is 9.84 Å². The highest BCUT2D eigenvalue weighted by Gasteiger charge is 2.25. The molecule has 0 aromatic heterocycles. The van der Waals surface area contributed by atoms with Gasteiger partial charge < -0.3 is 0 Å². The summed E-state index contributed by atoms with van der Waals surface area (Å²) >= 11 is 13.4. The van der Waals surface area contributed by atoms with Crippen molar-refractivity contribution in [3.63, 3.8) is 0 Å². The molecule has 26 heavy (non-hydrogen) atoms. The van der Waals surface area contributed by atoms with Crippen LogP contribution in [0.4, 0.5) is 0 Å². The van der Waals surface area contributed by atoms with Crippen molar-refractivity contribution in [2.75, 3.05) is 13.1 Å². The van der Waals surface area contributed by atoms with E-state index in [2.05, 4.69) is 10.4 Å². The second-order valence-electron chi connectivity index (χ2n) is 5.96. The zero-order valence-electron chi connectivity index (χ0n) is 13.8. The lowest BCUT2D eigenvalue weighted by atomic mass is 10.2. The Kier molecular flexibility index (Phi) is 6.16. The lowest BCUT2D eigenvalue weighted by Gasteiger charge is -2.26. The van der Waals surface area contributed by atoms with Crippen LogP contribution in [0, 0.1) is 11.3 Å². The van der Waals surface area contributed by atoms with Crippen LogP contribution in [0.2, 0.25) is 10.0 Å². The fourth-order valence-electron chi connectivity index (χ4n) is 2.78. The van der Waals surface area contributed by atoms with E-state index in [-0.39, 0.29) is 19.8 Å². The first kappa shape index (κ1) is 19.5. The molecular formula is C18H16Cl2N2O2S2. The van der Waals surface area contributed by atoms with Crippen molar-refractivity contribution < 1.29 is 8.42 Å². The van der Waals surface area contributed by atoms with Gasteiger partial charge in [0.25, 0.3) is 0 Å². The van der Waals surface area contributed by atoms with Crippen LogP contribution >= 0.6 is 35.1 Å². The van der Waals surface area contributed by atoms with Crippen LogP contribution in [-0.4, -0.2) is 25.8 Å². The summed E-state index contributed by atoms with van der Waals surface area (Å²) < 4.78 is 28.5. The van der Waals surface area contributed by atoms with Gasteiger partial charge in [0.1, 0.15) is 0 Å². The summed E-state index contributed by atoms with van der Waals surface area (Å²) in [5.41, 5.74) is 0.424. The summed E-state index contributed by atoms with van der Waals surface area (Å²) in [6.07, 6.45) is 3.34. The monoisotopic (exact) mass is 426 g/mol. The SMILES string of the molecule is N#Cc1ccc(S(=O)(=O)c2cc(Cl)cc(Cl)c2)c(SN2CCCCC2)c1. The number of nitrogens with zero attached hydrogens (tertiary/aromatic N) is 2. The van der Waals surface area contributed by atoms with Gasteiger partial charge in [-0.25, -0.2) is 12.7 Å². The summed E-state index contributed by atoms with van der Waals surface area (Å²) in [6.45, 7) is 1.79. The maximum atomic E-state index is 13.2. The van der Waals surface area contributed by atoms with Crippen LogP contribution < -0.4 is 0 Å². The Morgan fingerprint density at radius 3 is 2.27 bits per heavy atom. The third-order valence-electron chi connectivity index (χ3n) is 4.05. The molecule has 0 N–H and O–H groups in total. The minimum Gasteiger partial charge on any atom is -0.246 e. The molecule has 0 aliphatic carbocycles. The fourth-order valence-corrected chi connectivity index (χ4v) is 6.32. The number of hydrogen-bond acceptors (Lipinski definition) is 5. The molecule has 1 aliphatic heterocycles. The first-order valence-electron chi connectivity index (χ1n) is 8.08. The van der Waals surface area contributed by atoms with E-state index in [1.165, 1.54) is 48.7 Å². The maximum Gasteiger partial charge on any atom is 0.207 e. The van der Waals surface area contributed by atoms with Crippen LogP contribution in [-0.2, 0) is 9.84 Å². The average molecular weight is 427 g/mol. The van der Waals surface area contributed by atoms with Crippen LogP contribution in [0.1, 0.15) is 24.8 Å². The lowest BCUT2D eigenvalue weighted by molar-refractivity contribution is 0.380. The Morgan fingerprint density at radius 1 is 1.00 bits per heavy atom. The zero-order valence-corrected chi connectivity index (χ0v) is 16.9. The van der Waals surface area contributed by atoms with E-state index >= 15 is 0 Å². The van der Waals surface area contributed by atoms with Crippen molar-refractivity contribution in [1.82, 2.24) is 4.31 Å². The first-order chi connectivity index (χ1) is 12.4. The summed E-state index contributed by atoms with van der Waals surface area (Å²) in [7, 11) is -3.82. The Labute approximate surface area is 167 Å². The first-order valence-corrected chi connectivity index (χ1v) is 11.1. The molecule has 0 unspecified atom stereocenters. The molecule has 1 heterocycles. The van der Waals surface area contributed by atoms with Gasteiger partial charge in [-0.15, -0.1) is 0 Å². The van der Waals surface area contributed by atoms with Crippen molar-refractivity contribution >= 4 is 45.0 Å². The van der Waals surface area contributed by atoms with Gasteiger partial charge >= 0.3 is 0 Å². The molecule has 4 nitrogen and oxygen atoms in total. The van der Waals surface area contributed by atoms with Crippen LogP contribution in [0.25, 0.3) is 0 Å². The third-order valence-corrected chi connectivity index (χ3v) is 7.57. The predicted octanol–water partition coefficient (Wildman–Crippen LogP) is 5.19. The normalized spacial score (nSPS) is 15.6. The average Bonchev–Trinajstić information content (AvgIpc) is 2.61. The second kappa shape index (κ2) is 8.20. The molecule has 1 aliphatic rings. The summed E-state index contributed by atoms with van der Waals surface area (Å²) in [4.78, 5) is 0.743. The molecule has 2 aromatic carbocycles. The van der Waals surface area contributed by atoms with E-state index in [1.54, 1.807) is 6.07 Å². The molecule has 0 atom stereocenters. The molecule has 136 valence electrons. The quantitative estimate of drug-likeness (QED) is 0.629. The van der Waals surface area contributed by atoms with Crippen LogP contribution in [0.5, 0.6) is 0 Å². The highest BCUT2D eigenvalue weighted by Crippen LogP contribution is 2.36. The third kappa shape index (κ3) is 4.36. The molecule has 1 saturated heterocycles. The Morgan fingerprint density at radius 2 is 1.65 bits per heavy atom. The van der Waals surface area contributed by atoms with Crippen molar-refractivity contribution in [2.45, 2.75) is 33.9 Å². The van der Waals surface area contributed by atoms with Crippen molar-refractivity contribution in [2.24, 2.45) is 0 Å². The fraction of sp³-hybridized carbons (Fsp3) is 0.278. The molecule has 1 fully saturated rings. The number of benzene rings is 2. The number of piperidine rings is 1. The number of halogens is 2. The van der Waals surface area contributed by atoms with Gasteiger partial charge in [-0.05, 0) is 61.2 Å². The van der Waals surface area contributed by atoms with Gasteiger partial charge in [-0.3, -0.25) is 0 Å². The lowest BCUT2D eigenvalue weighted by Crippen LogP contribution is -2.23. The Hall–Kier alpha value is -1.23. The number of rotatable bonds is 4. The van der Waals surface area contributed by atoms with E-state index in [9.17, 15) is 13.7 Å². The summed E-state index contributed by atoms with van der Waals surface area (Å²) in [6, 6.07) is 11.0. The summed E-state index contributed by atoms with van der Waals surface area (Å²) in [5, 5.41) is 9.71. The van der Waals surface area contributed by atoms with E-state index in [0.29, 0.717) is 10.5 Å². The van der Waals surface area contributed by atoms with E-state index in [1.807, 2.05) is 0 Å². The zero-order chi connectivity index (χ0) is 18.7. The second-order valence-corrected chi connectivity index (χ2v) is 9.89. The van der Waals surface area contributed by atoms with Gasteiger partial charge in [0.05, 0.1) is 21.4 Å². The number of nitriles is 1. The largest absolute Gasteiger partial charge is 0.246 e. The van der Waals surface area contributed by atoms with Crippen LogP contribution in [0.3, 0.4) is 0 Å². The summed E-state index contributed by atoms with van der Waals surface area (Å²) in [5.74, 6) is 0. The van der Waals surface area contributed by atoms with Crippen molar-refractivity contribution in [1.29, 1.82) is 5.26 Å². The standard InChI is InChI=1S/C18H16Cl2N2O2S2/c19-14-9-15(20)11-16(10-14)26(23,24)18-5-4-13(12-21)8-17(18)25-22-6-2-1-3-7-22/h4-5,8-11H,1-3,6-7H2. The van der Waals surface area contributed by atoms with Gasteiger partial charge in [0, 0.05) is 28.0 Å². The predicted molar refractivity (Wildman–Crippen MR) is 104 cm³/mol. The highest BCUT2D eigenvalue weighted by molar-refractivity contribution is 7.98. The topological polar surface area (TPSA) is 61.2 Å². The minimum absolute atomic E-state index is 0.0419. The molecular weight excluding hydrogens is 411 g/mol. The van der Waals surface area contributed by atoms with Gasteiger partial charge in [0.2, 0.25) is 9.84 Å². The molecule has 0 amide bonds. The highest BCUT2D eigenvalue weighted by atomic mass is 35.5. The van der Waals surface area contributed by atoms with Gasteiger partial charge in [-0.1, -0.05) is 29.6 Å². The van der Waals surface area contributed by atoms with Crippen molar-refractivity contribution in [3.05, 3.63) is 52.0 Å². The smallest absolute Gasteiger partial charge is 0.207 e. The molecule has 3 rings (SSSR count). The van der Waals surface area contributed by atoms with Crippen LogP contribution in [0.15, 0.2) is 51.1 Å². The Bertz CT molecular complexity index is 945. The van der Waals surface area contributed by atoms with E-state index in [0.717, 1.165) is 25.9 Å². The molecule has 0 spiro atoms. The minimum atomic E-state index is -3.82. The van der Waals surface area contributed by atoms with Crippen molar-refractivity contribution in [3.8, 4) is 6.07 Å². The number of sulfone groups is 1. The molecule has 2 aromatic rings. The number of hydrogen-bond donors (Lipinski definition) is 0. The Balaban J connectivity index is 2.06. The maximum absolute atomic E-state index is 13.2. The van der Waals surface area contributed by atoms with E-state index in [4.69, 9.17) is 23.2 Å². The van der Waals surface area contributed by atoms with Gasteiger partial charge in [-0.2, -0.15) is 5.26 Å².